The van der Waals surface area contributed by atoms with Crippen LogP contribution in [0.25, 0.3) is 11.1 Å². The number of allylic oxidation sites excluding steroid dienone is 2. The molecule has 138 valence electrons. The molecule has 0 aliphatic carbocycles. The Balaban J connectivity index is 1.76. The van der Waals surface area contributed by atoms with Gasteiger partial charge in [0, 0.05) is 10.9 Å². The van der Waals surface area contributed by atoms with Gasteiger partial charge in [0.05, 0.1) is 5.83 Å². The highest BCUT2D eigenvalue weighted by molar-refractivity contribution is 6.30. The standard InChI is InChI=1S/C24H22ClFO/c1-17(2)24(26)14-9-18-5-3-7-22(15-18)27-23-8-4-6-20(16-23)19-10-12-21(25)13-11-19/h3-8,10-17H,9H2,1-2H3/b24-14-. The lowest BCUT2D eigenvalue weighted by molar-refractivity contribution is 0.482. The Labute approximate surface area is 165 Å². The van der Waals surface area contributed by atoms with Crippen molar-refractivity contribution in [1.29, 1.82) is 0 Å². The van der Waals surface area contributed by atoms with Crippen LogP contribution in [0.4, 0.5) is 4.39 Å². The summed E-state index contributed by atoms with van der Waals surface area (Å²) in [4.78, 5) is 0. The first-order valence-corrected chi connectivity index (χ1v) is 9.37. The molecule has 3 heteroatoms. The highest BCUT2D eigenvalue weighted by Crippen LogP contribution is 2.28. The second-order valence-electron chi connectivity index (χ2n) is 6.73. The van der Waals surface area contributed by atoms with E-state index in [0.29, 0.717) is 11.4 Å². The van der Waals surface area contributed by atoms with Crippen LogP contribution in [0.1, 0.15) is 19.4 Å². The molecule has 0 N–H and O–H groups in total. The molecule has 0 amide bonds. The van der Waals surface area contributed by atoms with Crippen molar-refractivity contribution in [2.75, 3.05) is 0 Å². The van der Waals surface area contributed by atoms with Gasteiger partial charge in [0.2, 0.25) is 0 Å². The Morgan fingerprint density at radius 1 is 0.926 bits per heavy atom. The summed E-state index contributed by atoms with van der Waals surface area (Å²) in [6.45, 7) is 3.69. The second kappa shape index (κ2) is 8.88. The Hall–Kier alpha value is -2.58. The minimum absolute atomic E-state index is 0.0833. The zero-order chi connectivity index (χ0) is 19.2. The lowest BCUT2D eigenvalue weighted by Crippen LogP contribution is -1.90. The predicted octanol–water partition coefficient (Wildman–Crippen LogP) is 7.85. The van der Waals surface area contributed by atoms with E-state index in [2.05, 4.69) is 0 Å². The summed E-state index contributed by atoms with van der Waals surface area (Å²) in [6.07, 6.45) is 2.18. The number of hydrogen-bond donors (Lipinski definition) is 0. The fourth-order valence-electron chi connectivity index (χ4n) is 2.70. The van der Waals surface area contributed by atoms with E-state index in [4.69, 9.17) is 16.3 Å². The molecule has 0 aromatic heterocycles. The topological polar surface area (TPSA) is 9.23 Å². The van der Waals surface area contributed by atoms with Crippen molar-refractivity contribution in [1.82, 2.24) is 0 Å². The first-order chi connectivity index (χ1) is 13.0. The van der Waals surface area contributed by atoms with Crippen LogP contribution in [0.2, 0.25) is 5.02 Å². The predicted molar refractivity (Wildman–Crippen MR) is 111 cm³/mol. The minimum atomic E-state index is -0.0861. The smallest absolute Gasteiger partial charge is 0.128 e. The highest BCUT2D eigenvalue weighted by Gasteiger charge is 2.04. The maximum absolute atomic E-state index is 13.7. The maximum Gasteiger partial charge on any atom is 0.128 e. The zero-order valence-electron chi connectivity index (χ0n) is 15.5. The van der Waals surface area contributed by atoms with Crippen LogP contribution < -0.4 is 4.74 Å². The van der Waals surface area contributed by atoms with Crippen molar-refractivity contribution >= 4 is 11.6 Å². The monoisotopic (exact) mass is 380 g/mol. The van der Waals surface area contributed by atoms with Gasteiger partial charge in [-0.25, -0.2) is 4.39 Å². The lowest BCUT2D eigenvalue weighted by atomic mass is 10.1. The lowest BCUT2D eigenvalue weighted by Gasteiger charge is -2.09. The third-order valence-corrected chi connectivity index (χ3v) is 4.48. The maximum atomic E-state index is 13.7. The number of halogens is 2. The van der Waals surface area contributed by atoms with E-state index in [9.17, 15) is 4.39 Å². The molecule has 0 unspecified atom stereocenters. The first kappa shape index (κ1) is 19.2. The average molecular weight is 381 g/mol. The Morgan fingerprint density at radius 2 is 1.59 bits per heavy atom. The van der Waals surface area contributed by atoms with Crippen molar-refractivity contribution in [2.24, 2.45) is 5.92 Å². The number of ether oxygens (including phenoxy) is 1. The number of hydrogen-bond acceptors (Lipinski definition) is 1. The van der Waals surface area contributed by atoms with Gasteiger partial charge in [-0.3, -0.25) is 0 Å². The van der Waals surface area contributed by atoms with E-state index < -0.39 is 0 Å². The third-order valence-electron chi connectivity index (χ3n) is 4.23. The van der Waals surface area contributed by atoms with E-state index >= 15 is 0 Å². The van der Waals surface area contributed by atoms with Gasteiger partial charge in [0.1, 0.15) is 11.5 Å². The second-order valence-corrected chi connectivity index (χ2v) is 7.17. The molecule has 3 aromatic carbocycles. The summed E-state index contributed by atoms with van der Waals surface area (Å²) in [6, 6.07) is 23.4. The Kier molecular flexibility index (Phi) is 6.31. The molecule has 3 aromatic rings. The summed E-state index contributed by atoms with van der Waals surface area (Å²) in [5.74, 6) is 1.32. The quantitative estimate of drug-likeness (QED) is 0.423. The van der Waals surface area contributed by atoms with Crippen LogP contribution in [-0.2, 0) is 6.42 Å². The van der Waals surface area contributed by atoms with Gasteiger partial charge in [-0.2, -0.15) is 0 Å². The van der Waals surface area contributed by atoms with Crippen LogP contribution in [-0.4, -0.2) is 0 Å². The Bertz CT molecular complexity index is 929. The van der Waals surface area contributed by atoms with E-state index in [1.807, 2.05) is 86.6 Å². The zero-order valence-corrected chi connectivity index (χ0v) is 16.2. The molecule has 0 saturated heterocycles. The summed E-state index contributed by atoms with van der Waals surface area (Å²) >= 11 is 5.96. The average Bonchev–Trinajstić information content (AvgIpc) is 2.67. The van der Waals surface area contributed by atoms with Gasteiger partial charge >= 0.3 is 0 Å². The molecule has 0 atom stereocenters. The third kappa shape index (κ3) is 5.45. The Morgan fingerprint density at radius 3 is 2.30 bits per heavy atom. The largest absolute Gasteiger partial charge is 0.457 e. The van der Waals surface area contributed by atoms with Crippen molar-refractivity contribution in [2.45, 2.75) is 20.3 Å². The van der Waals surface area contributed by atoms with Gasteiger partial charge < -0.3 is 4.74 Å². The molecule has 0 fully saturated rings. The molecule has 3 rings (SSSR count). The van der Waals surface area contributed by atoms with Gasteiger partial charge in [-0.05, 0) is 65.6 Å². The normalized spacial score (nSPS) is 11.7. The van der Waals surface area contributed by atoms with Gasteiger partial charge in [0.25, 0.3) is 0 Å². The molecular formula is C24H22ClFO. The van der Waals surface area contributed by atoms with E-state index in [0.717, 1.165) is 28.2 Å². The van der Waals surface area contributed by atoms with Crippen LogP contribution in [0, 0.1) is 5.92 Å². The molecule has 0 aliphatic heterocycles. The van der Waals surface area contributed by atoms with Crippen LogP contribution in [0.5, 0.6) is 11.5 Å². The molecule has 27 heavy (non-hydrogen) atoms. The molecule has 0 spiro atoms. The molecular weight excluding hydrogens is 359 g/mol. The minimum Gasteiger partial charge on any atom is -0.457 e. The van der Waals surface area contributed by atoms with Crippen molar-refractivity contribution in [3.8, 4) is 22.6 Å². The fourth-order valence-corrected chi connectivity index (χ4v) is 2.83. The van der Waals surface area contributed by atoms with E-state index in [1.165, 1.54) is 0 Å². The summed E-state index contributed by atoms with van der Waals surface area (Å²) < 4.78 is 19.7. The van der Waals surface area contributed by atoms with E-state index in [-0.39, 0.29) is 11.7 Å². The summed E-state index contributed by atoms with van der Waals surface area (Å²) in [7, 11) is 0. The molecule has 0 radical (unpaired) electrons. The van der Waals surface area contributed by atoms with Gasteiger partial charge in [-0.1, -0.05) is 61.8 Å². The van der Waals surface area contributed by atoms with Crippen LogP contribution in [0.15, 0.2) is 84.7 Å². The summed E-state index contributed by atoms with van der Waals surface area (Å²) in [5, 5.41) is 0.714. The fraction of sp³-hybridized carbons (Fsp3) is 0.167. The summed E-state index contributed by atoms with van der Waals surface area (Å²) in [5.41, 5.74) is 3.15. The highest BCUT2D eigenvalue weighted by atomic mass is 35.5. The molecule has 0 heterocycles. The first-order valence-electron chi connectivity index (χ1n) is 8.99. The van der Waals surface area contributed by atoms with Crippen LogP contribution in [0.3, 0.4) is 0 Å². The van der Waals surface area contributed by atoms with Crippen molar-refractivity contribution in [3.63, 3.8) is 0 Å². The van der Waals surface area contributed by atoms with Crippen molar-refractivity contribution < 1.29 is 9.13 Å². The van der Waals surface area contributed by atoms with Gasteiger partial charge in [0.15, 0.2) is 0 Å². The molecule has 0 aliphatic rings. The van der Waals surface area contributed by atoms with Crippen molar-refractivity contribution in [3.05, 3.63) is 95.3 Å². The number of rotatable bonds is 6. The van der Waals surface area contributed by atoms with E-state index in [1.54, 1.807) is 6.08 Å². The molecule has 0 saturated carbocycles. The van der Waals surface area contributed by atoms with Gasteiger partial charge in [-0.15, -0.1) is 0 Å². The molecule has 0 bridgehead atoms. The number of benzene rings is 3. The molecule has 1 nitrogen and oxygen atoms in total. The van der Waals surface area contributed by atoms with Crippen LogP contribution >= 0.6 is 11.6 Å². The SMILES string of the molecule is CC(C)/C(F)=C/Cc1cccc(Oc2cccc(-c3ccc(Cl)cc3)c2)c1.